The molecular weight excluding hydrogens is 286 g/mol. The summed E-state index contributed by atoms with van der Waals surface area (Å²) in [5, 5.41) is 2.80. The molecule has 1 saturated heterocycles. The van der Waals surface area contributed by atoms with Gasteiger partial charge >= 0.3 is 0 Å². The van der Waals surface area contributed by atoms with Crippen LogP contribution in [-0.4, -0.2) is 32.1 Å². The number of piperazine rings is 1. The second-order valence-corrected chi connectivity index (χ2v) is 6.04. The maximum Gasteiger partial charge on any atom is 0.221 e. The number of aryl methyl sites for hydroxylation is 1. The van der Waals surface area contributed by atoms with E-state index in [4.69, 9.17) is 0 Å². The molecule has 1 aliphatic heterocycles. The highest BCUT2D eigenvalue weighted by atomic mass is 16.1. The van der Waals surface area contributed by atoms with E-state index in [-0.39, 0.29) is 5.91 Å². The number of carbonyl (C=O) groups excluding carboxylic acids is 1. The molecular formula is C19H23N3O. The highest BCUT2D eigenvalue weighted by molar-refractivity contribution is 5.88. The van der Waals surface area contributed by atoms with Crippen LogP contribution in [0.3, 0.4) is 0 Å². The van der Waals surface area contributed by atoms with Gasteiger partial charge in [0.2, 0.25) is 5.91 Å². The normalized spacial score (nSPS) is 14.7. The third-order valence-corrected chi connectivity index (χ3v) is 4.20. The fourth-order valence-corrected chi connectivity index (χ4v) is 3.01. The molecule has 1 heterocycles. The van der Waals surface area contributed by atoms with E-state index in [0.29, 0.717) is 0 Å². The molecule has 4 heteroatoms. The van der Waals surface area contributed by atoms with Gasteiger partial charge < -0.3 is 15.1 Å². The van der Waals surface area contributed by atoms with Crippen LogP contribution in [0.25, 0.3) is 0 Å². The predicted octanol–water partition coefficient (Wildman–Crippen LogP) is 3.28. The summed E-state index contributed by atoms with van der Waals surface area (Å²) in [5.74, 6) is -0.0375. The van der Waals surface area contributed by atoms with Crippen LogP contribution < -0.4 is 15.1 Å². The minimum absolute atomic E-state index is 0.0375. The van der Waals surface area contributed by atoms with Crippen molar-refractivity contribution >= 4 is 23.0 Å². The molecule has 0 radical (unpaired) electrons. The number of nitrogens with zero attached hydrogens (tertiary/aromatic N) is 2. The largest absolute Gasteiger partial charge is 0.368 e. The average Bonchev–Trinajstić information content (AvgIpc) is 2.55. The molecule has 2 aromatic rings. The molecule has 0 bridgehead atoms. The number of hydrogen-bond acceptors (Lipinski definition) is 3. The van der Waals surface area contributed by atoms with Crippen molar-refractivity contribution in [1.29, 1.82) is 0 Å². The van der Waals surface area contributed by atoms with E-state index in [9.17, 15) is 4.79 Å². The molecule has 23 heavy (non-hydrogen) atoms. The Balaban J connectivity index is 1.61. The highest BCUT2D eigenvalue weighted by Crippen LogP contribution is 2.22. The van der Waals surface area contributed by atoms with Crippen molar-refractivity contribution in [1.82, 2.24) is 0 Å². The molecule has 2 aromatic carbocycles. The third-order valence-electron chi connectivity index (χ3n) is 4.20. The van der Waals surface area contributed by atoms with E-state index in [1.807, 2.05) is 12.1 Å². The maximum atomic E-state index is 11.1. The summed E-state index contributed by atoms with van der Waals surface area (Å²) in [6, 6.07) is 16.8. The fraction of sp³-hybridized carbons (Fsp3) is 0.316. The number of carbonyl (C=O) groups is 1. The van der Waals surface area contributed by atoms with E-state index in [0.717, 1.165) is 31.9 Å². The zero-order valence-electron chi connectivity index (χ0n) is 13.7. The summed E-state index contributed by atoms with van der Waals surface area (Å²) in [6.07, 6.45) is 0. The summed E-state index contributed by atoms with van der Waals surface area (Å²) in [4.78, 5) is 15.9. The van der Waals surface area contributed by atoms with Crippen molar-refractivity contribution in [3.05, 3.63) is 54.1 Å². The molecule has 0 aliphatic carbocycles. The van der Waals surface area contributed by atoms with Gasteiger partial charge in [0.15, 0.2) is 0 Å². The van der Waals surface area contributed by atoms with Crippen LogP contribution >= 0.6 is 0 Å². The van der Waals surface area contributed by atoms with Crippen molar-refractivity contribution in [2.24, 2.45) is 0 Å². The zero-order valence-corrected chi connectivity index (χ0v) is 13.7. The Labute approximate surface area is 137 Å². The summed E-state index contributed by atoms with van der Waals surface area (Å²) >= 11 is 0. The molecule has 1 N–H and O–H groups in total. The molecule has 0 aromatic heterocycles. The number of anilines is 3. The predicted molar refractivity (Wildman–Crippen MR) is 96.4 cm³/mol. The molecule has 0 unspecified atom stereocenters. The maximum absolute atomic E-state index is 11.1. The Hall–Kier alpha value is -2.49. The topological polar surface area (TPSA) is 35.6 Å². The minimum atomic E-state index is -0.0375. The first-order valence-corrected chi connectivity index (χ1v) is 8.06. The van der Waals surface area contributed by atoms with E-state index >= 15 is 0 Å². The Bertz CT molecular complexity index is 673. The fourth-order valence-electron chi connectivity index (χ4n) is 3.01. The first-order valence-electron chi connectivity index (χ1n) is 8.06. The highest BCUT2D eigenvalue weighted by Gasteiger charge is 2.17. The zero-order chi connectivity index (χ0) is 16.2. The van der Waals surface area contributed by atoms with E-state index in [1.165, 1.54) is 23.9 Å². The Morgan fingerprint density at radius 2 is 1.52 bits per heavy atom. The third kappa shape index (κ3) is 3.83. The van der Waals surface area contributed by atoms with E-state index < -0.39 is 0 Å². The van der Waals surface area contributed by atoms with Gasteiger partial charge in [-0.2, -0.15) is 0 Å². The average molecular weight is 309 g/mol. The summed E-state index contributed by atoms with van der Waals surface area (Å²) in [6.45, 7) is 7.73. The second kappa shape index (κ2) is 6.73. The first-order chi connectivity index (χ1) is 11.1. The minimum Gasteiger partial charge on any atom is -0.368 e. The van der Waals surface area contributed by atoms with Gasteiger partial charge in [-0.05, 0) is 48.9 Å². The lowest BCUT2D eigenvalue weighted by molar-refractivity contribution is -0.114. The van der Waals surface area contributed by atoms with Gasteiger partial charge in [0, 0.05) is 50.2 Å². The van der Waals surface area contributed by atoms with Crippen LogP contribution in [0.5, 0.6) is 0 Å². The van der Waals surface area contributed by atoms with Gasteiger partial charge in [-0.3, -0.25) is 4.79 Å². The standard InChI is InChI=1S/C19H23N3O/c1-15-4-3-5-19(14-15)22-12-10-21(11-13-22)18-8-6-17(7-9-18)20-16(2)23/h3-9,14H,10-13H2,1-2H3,(H,20,23). The van der Waals surface area contributed by atoms with Crippen LogP contribution in [0.15, 0.2) is 48.5 Å². The Kier molecular flexibility index (Phi) is 4.51. The van der Waals surface area contributed by atoms with Crippen molar-refractivity contribution in [2.75, 3.05) is 41.3 Å². The van der Waals surface area contributed by atoms with Gasteiger partial charge in [0.1, 0.15) is 0 Å². The molecule has 120 valence electrons. The van der Waals surface area contributed by atoms with Gasteiger partial charge in [0.25, 0.3) is 0 Å². The molecule has 0 saturated carbocycles. The van der Waals surface area contributed by atoms with Crippen molar-refractivity contribution in [3.63, 3.8) is 0 Å². The van der Waals surface area contributed by atoms with Crippen molar-refractivity contribution in [3.8, 4) is 0 Å². The van der Waals surface area contributed by atoms with Crippen LogP contribution in [0, 0.1) is 6.92 Å². The summed E-state index contributed by atoms with van der Waals surface area (Å²) in [5.41, 5.74) is 4.67. The number of nitrogens with one attached hydrogen (secondary N) is 1. The Morgan fingerprint density at radius 3 is 2.09 bits per heavy atom. The lowest BCUT2D eigenvalue weighted by Crippen LogP contribution is -2.46. The first kappa shape index (κ1) is 15.4. The molecule has 1 amide bonds. The monoisotopic (exact) mass is 309 g/mol. The van der Waals surface area contributed by atoms with Gasteiger partial charge in [0.05, 0.1) is 0 Å². The molecule has 0 spiro atoms. The molecule has 1 aliphatic rings. The quantitative estimate of drug-likeness (QED) is 0.945. The van der Waals surface area contributed by atoms with E-state index in [2.05, 4.69) is 58.4 Å². The second-order valence-electron chi connectivity index (χ2n) is 6.04. The number of amides is 1. The van der Waals surface area contributed by atoms with Crippen LogP contribution in [0.2, 0.25) is 0 Å². The molecule has 4 nitrogen and oxygen atoms in total. The van der Waals surface area contributed by atoms with Crippen molar-refractivity contribution < 1.29 is 4.79 Å². The molecule has 0 atom stereocenters. The molecule has 1 fully saturated rings. The van der Waals surface area contributed by atoms with Gasteiger partial charge in [-0.1, -0.05) is 12.1 Å². The van der Waals surface area contributed by atoms with Gasteiger partial charge in [-0.15, -0.1) is 0 Å². The van der Waals surface area contributed by atoms with E-state index in [1.54, 1.807) is 0 Å². The van der Waals surface area contributed by atoms with Crippen LogP contribution in [0.1, 0.15) is 12.5 Å². The number of rotatable bonds is 3. The SMILES string of the molecule is CC(=O)Nc1ccc(N2CCN(c3cccc(C)c3)CC2)cc1. The van der Waals surface area contributed by atoms with Crippen LogP contribution in [0.4, 0.5) is 17.1 Å². The smallest absolute Gasteiger partial charge is 0.221 e. The number of hydrogen-bond donors (Lipinski definition) is 1. The lowest BCUT2D eigenvalue weighted by Gasteiger charge is -2.37. The Morgan fingerprint density at radius 1 is 0.913 bits per heavy atom. The van der Waals surface area contributed by atoms with Crippen molar-refractivity contribution in [2.45, 2.75) is 13.8 Å². The van der Waals surface area contributed by atoms with Crippen LogP contribution in [-0.2, 0) is 4.79 Å². The number of benzene rings is 2. The summed E-state index contributed by atoms with van der Waals surface area (Å²) < 4.78 is 0. The summed E-state index contributed by atoms with van der Waals surface area (Å²) in [7, 11) is 0. The lowest BCUT2D eigenvalue weighted by atomic mass is 10.2. The van der Waals surface area contributed by atoms with Gasteiger partial charge in [-0.25, -0.2) is 0 Å². The molecule has 3 rings (SSSR count).